The molecule has 2 heterocycles. The van der Waals surface area contributed by atoms with Gasteiger partial charge in [-0.2, -0.15) is 0 Å². The lowest BCUT2D eigenvalue weighted by atomic mass is 9.99. The molecule has 0 unspecified atom stereocenters. The van der Waals surface area contributed by atoms with E-state index in [2.05, 4.69) is 59.4 Å². The maximum absolute atomic E-state index is 12.7. The van der Waals surface area contributed by atoms with Crippen molar-refractivity contribution in [1.82, 2.24) is 15.2 Å². The highest BCUT2D eigenvalue weighted by Crippen LogP contribution is 2.25. The van der Waals surface area contributed by atoms with Crippen LogP contribution in [0, 0.1) is 5.92 Å². The summed E-state index contributed by atoms with van der Waals surface area (Å²) in [6, 6.07) is 20.4. The van der Waals surface area contributed by atoms with Gasteiger partial charge in [-0.1, -0.05) is 44.2 Å². The average molecular weight is 474 g/mol. The fourth-order valence-electron chi connectivity index (χ4n) is 4.16. The molecule has 1 aliphatic rings. The molecule has 0 radical (unpaired) electrons. The van der Waals surface area contributed by atoms with E-state index >= 15 is 0 Å². The lowest BCUT2D eigenvalue weighted by Crippen LogP contribution is -2.28. The van der Waals surface area contributed by atoms with Crippen molar-refractivity contribution in [3.8, 4) is 5.75 Å². The monoisotopic (exact) mass is 473 g/mol. The molecule has 1 aliphatic heterocycles. The number of benzene rings is 2. The van der Waals surface area contributed by atoms with E-state index in [4.69, 9.17) is 9.47 Å². The second-order valence-electron chi connectivity index (χ2n) is 9.42. The van der Waals surface area contributed by atoms with Gasteiger partial charge in [-0.25, -0.2) is 0 Å². The molecule has 0 aliphatic carbocycles. The molecule has 0 spiro atoms. The quantitative estimate of drug-likeness (QED) is 0.592. The maximum Gasteiger partial charge on any atom is 0.251 e. The van der Waals surface area contributed by atoms with E-state index < -0.39 is 0 Å². The van der Waals surface area contributed by atoms with E-state index in [9.17, 15) is 4.79 Å². The number of rotatable bonds is 5. The van der Waals surface area contributed by atoms with Crippen molar-refractivity contribution in [2.24, 2.45) is 5.92 Å². The number of nitrogens with zero attached hydrogens (tertiary/aromatic N) is 2. The van der Waals surface area contributed by atoms with Gasteiger partial charge in [0.15, 0.2) is 0 Å². The lowest BCUT2D eigenvalue weighted by molar-refractivity contribution is 0.0754. The number of ether oxygens (including phenoxy) is 2. The maximum atomic E-state index is 12.7. The fraction of sp³-hybridized carbons (Fsp3) is 0.379. The Hall–Kier alpha value is -3.22. The molecular weight excluding hydrogens is 438 g/mol. The summed E-state index contributed by atoms with van der Waals surface area (Å²) in [5.74, 6) is 1.15. The van der Waals surface area contributed by atoms with E-state index in [1.54, 1.807) is 0 Å². The van der Waals surface area contributed by atoms with E-state index in [0.717, 1.165) is 36.6 Å². The molecule has 3 aromatic rings. The van der Waals surface area contributed by atoms with Crippen LogP contribution in [0.4, 0.5) is 0 Å². The average Bonchev–Trinajstić information content (AvgIpc) is 2.85. The Bertz CT molecular complexity index is 1100. The summed E-state index contributed by atoms with van der Waals surface area (Å²) in [6.07, 6.45) is 2.53. The number of carbonyl (C=O) groups excluding carboxylic acids is 1. The fourth-order valence-corrected chi connectivity index (χ4v) is 4.16. The van der Waals surface area contributed by atoms with Crippen LogP contribution < -0.4 is 10.1 Å². The molecule has 2 aromatic carbocycles. The van der Waals surface area contributed by atoms with Crippen LogP contribution in [0.1, 0.15) is 46.6 Å². The van der Waals surface area contributed by atoms with Crippen LogP contribution in [0.2, 0.25) is 0 Å². The molecule has 184 valence electrons. The van der Waals surface area contributed by atoms with Crippen LogP contribution >= 0.6 is 0 Å². The number of carbonyl (C=O) groups is 1. The molecule has 0 saturated heterocycles. The second kappa shape index (κ2) is 12.5. The Labute approximate surface area is 208 Å². The standard InChI is InChI=1S/C29H35N3O3/c1-22(2)19-31-29(33)25-9-10-28-26(18-25)17-23-6-5-7-24(16-23)20-32(12-13-34-14-15-35-28)21-27-8-3-4-11-30-27/h3-11,16,18,22H,12-15,17,19-21H2,1-2H3,(H,31,33). The van der Waals surface area contributed by atoms with Crippen LogP contribution in [0.25, 0.3) is 0 Å². The molecule has 35 heavy (non-hydrogen) atoms. The number of fused-ring (bicyclic) bond motifs is 3. The van der Waals surface area contributed by atoms with Crippen molar-refractivity contribution in [3.05, 3.63) is 94.8 Å². The van der Waals surface area contributed by atoms with E-state index in [1.165, 1.54) is 11.1 Å². The summed E-state index contributed by atoms with van der Waals surface area (Å²) >= 11 is 0. The summed E-state index contributed by atoms with van der Waals surface area (Å²) in [4.78, 5) is 19.5. The largest absolute Gasteiger partial charge is 0.491 e. The van der Waals surface area contributed by atoms with Gasteiger partial charge in [-0.3, -0.25) is 14.7 Å². The highest BCUT2D eigenvalue weighted by molar-refractivity contribution is 5.94. The zero-order valence-electron chi connectivity index (χ0n) is 20.7. The van der Waals surface area contributed by atoms with Gasteiger partial charge in [0.05, 0.1) is 18.9 Å². The molecular formula is C29H35N3O3. The zero-order chi connectivity index (χ0) is 24.5. The molecule has 0 saturated carbocycles. The second-order valence-corrected chi connectivity index (χ2v) is 9.42. The van der Waals surface area contributed by atoms with Crippen LogP contribution in [0.5, 0.6) is 5.75 Å². The zero-order valence-corrected chi connectivity index (χ0v) is 20.7. The van der Waals surface area contributed by atoms with E-state index in [-0.39, 0.29) is 5.91 Å². The minimum atomic E-state index is -0.0526. The van der Waals surface area contributed by atoms with Crippen molar-refractivity contribution in [2.45, 2.75) is 33.4 Å². The van der Waals surface area contributed by atoms with Gasteiger partial charge in [0.1, 0.15) is 12.4 Å². The molecule has 0 atom stereocenters. The Balaban J connectivity index is 1.56. The van der Waals surface area contributed by atoms with Gasteiger partial charge in [-0.15, -0.1) is 0 Å². The number of pyridine rings is 1. The first-order valence-electron chi connectivity index (χ1n) is 12.4. The minimum absolute atomic E-state index is 0.0526. The molecule has 1 amide bonds. The molecule has 2 bridgehead atoms. The molecule has 1 aromatic heterocycles. The number of hydrogen-bond acceptors (Lipinski definition) is 5. The third-order valence-corrected chi connectivity index (χ3v) is 5.93. The van der Waals surface area contributed by atoms with Gasteiger partial charge in [0, 0.05) is 44.4 Å². The highest BCUT2D eigenvalue weighted by Gasteiger charge is 2.14. The summed E-state index contributed by atoms with van der Waals surface area (Å²) in [5.41, 5.74) is 5.14. The minimum Gasteiger partial charge on any atom is -0.491 e. The summed E-state index contributed by atoms with van der Waals surface area (Å²) in [6.45, 7) is 8.82. The lowest BCUT2D eigenvalue weighted by Gasteiger charge is -2.23. The highest BCUT2D eigenvalue weighted by atomic mass is 16.5. The first-order chi connectivity index (χ1) is 17.1. The van der Waals surface area contributed by atoms with Crippen molar-refractivity contribution in [3.63, 3.8) is 0 Å². The Morgan fingerprint density at radius 2 is 1.91 bits per heavy atom. The molecule has 1 N–H and O–H groups in total. The van der Waals surface area contributed by atoms with Crippen molar-refractivity contribution >= 4 is 5.91 Å². The summed E-state index contributed by atoms with van der Waals surface area (Å²) < 4.78 is 12.0. The van der Waals surface area contributed by atoms with Gasteiger partial charge >= 0.3 is 0 Å². The predicted octanol–water partition coefficient (Wildman–Crippen LogP) is 4.47. The number of hydrogen-bond donors (Lipinski definition) is 1. The van der Waals surface area contributed by atoms with Gasteiger partial charge in [0.25, 0.3) is 5.91 Å². The third-order valence-electron chi connectivity index (χ3n) is 5.93. The normalized spacial score (nSPS) is 15.1. The Kier molecular flexibility index (Phi) is 8.87. The van der Waals surface area contributed by atoms with Crippen LogP contribution in [0.15, 0.2) is 66.9 Å². The van der Waals surface area contributed by atoms with Gasteiger partial charge in [-0.05, 0) is 52.9 Å². The molecule has 4 rings (SSSR count). The van der Waals surface area contributed by atoms with Gasteiger partial charge in [0.2, 0.25) is 0 Å². The first-order valence-corrected chi connectivity index (χ1v) is 12.4. The van der Waals surface area contributed by atoms with E-state index in [1.807, 2.05) is 36.5 Å². The van der Waals surface area contributed by atoms with Crippen LogP contribution in [-0.2, 0) is 24.2 Å². The van der Waals surface area contributed by atoms with Crippen LogP contribution in [0.3, 0.4) is 0 Å². The third kappa shape index (κ3) is 7.64. The van der Waals surface area contributed by atoms with Crippen molar-refractivity contribution < 1.29 is 14.3 Å². The summed E-state index contributed by atoms with van der Waals surface area (Å²) in [7, 11) is 0. The predicted molar refractivity (Wildman–Crippen MR) is 138 cm³/mol. The Morgan fingerprint density at radius 1 is 1.03 bits per heavy atom. The summed E-state index contributed by atoms with van der Waals surface area (Å²) in [5, 5.41) is 3.01. The van der Waals surface area contributed by atoms with Crippen molar-refractivity contribution in [2.75, 3.05) is 32.9 Å². The molecule has 6 nitrogen and oxygen atoms in total. The molecule has 6 heteroatoms. The SMILES string of the molecule is CC(C)CNC(=O)c1ccc2c(c1)Cc1cccc(c1)CN(Cc1ccccn1)CCOCCO2. The number of amides is 1. The smallest absolute Gasteiger partial charge is 0.251 e. The number of aromatic nitrogens is 1. The van der Waals surface area contributed by atoms with Crippen LogP contribution in [-0.4, -0.2) is 48.7 Å². The van der Waals surface area contributed by atoms with Crippen molar-refractivity contribution in [1.29, 1.82) is 0 Å². The topological polar surface area (TPSA) is 63.7 Å². The number of nitrogens with one attached hydrogen (secondary N) is 1. The first kappa shape index (κ1) is 24.9. The van der Waals surface area contributed by atoms with Gasteiger partial charge < -0.3 is 14.8 Å². The Morgan fingerprint density at radius 3 is 2.74 bits per heavy atom. The van der Waals surface area contributed by atoms with E-state index in [0.29, 0.717) is 44.3 Å². The molecule has 0 fully saturated rings.